The van der Waals surface area contributed by atoms with Gasteiger partial charge in [-0.1, -0.05) is 76.9 Å². The Bertz CT molecular complexity index is 335. The van der Waals surface area contributed by atoms with Crippen LogP contribution in [0.2, 0.25) is 0 Å². The van der Waals surface area contributed by atoms with Crippen molar-refractivity contribution in [2.24, 2.45) is 0 Å². The average molecular weight is 402 g/mol. The topological polar surface area (TPSA) is 84.2 Å². The highest BCUT2D eigenvalue weighted by Crippen LogP contribution is 2.10. The molecular formula is C23H47NO4. The zero-order chi connectivity index (χ0) is 20.9. The molecule has 5 nitrogen and oxygen atoms in total. The molecule has 0 heterocycles. The minimum absolute atomic E-state index is 0.164. The van der Waals surface area contributed by atoms with Gasteiger partial charge in [0.2, 0.25) is 0 Å². The molecule has 168 valence electrons. The molecule has 0 fully saturated rings. The summed E-state index contributed by atoms with van der Waals surface area (Å²) in [4.78, 5) is 1.89. The van der Waals surface area contributed by atoms with E-state index in [9.17, 15) is 0 Å². The molecule has 0 aromatic carbocycles. The lowest BCUT2D eigenvalue weighted by Gasteiger charge is -2.23. The van der Waals surface area contributed by atoms with Crippen LogP contribution in [0.15, 0.2) is 12.2 Å². The van der Waals surface area contributed by atoms with E-state index in [0.29, 0.717) is 6.54 Å². The summed E-state index contributed by atoms with van der Waals surface area (Å²) in [6, 6.07) is 0. The smallest absolute Gasteiger partial charge is 0.164 e. The van der Waals surface area contributed by atoms with E-state index in [1.165, 1.54) is 77.0 Å². The SMILES string of the molecule is CCCCCCCCC=CCCCCCCCCN(CCC(O)O)CC(O)O. The summed E-state index contributed by atoms with van der Waals surface area (Å²) in [7, 11) is 0. The maximum atomic E-state index is 9.11. The first-order valence-corrected chi connectivity index (χ1v) is 11.7. The predicted octanol–water partition coefficient (Wildman–Crippen LogP) is 4.34. The van der Waals surface area contributed by atoms with Crippen molar-refractivity contribution >= 4 is 0 Å². The minimum atomic E-state index is -1.37. The average Bonchev–Trinajstić information content (AvgIpc) is 2.65. The maximum Gasteiger partial charge on any atom is 0.164 e. The van der Waals surface area contributed by atoms with Gasteiger partial charge in [0.15, 0.2) is 12.6 Å². The van der Waals surface area contributed by atoms with Crippen LogP contribution in [0.25, 0.3) is 0 Å². The van der Waals surface area contributed by atoms with Crippen LogP contribution in [0.1, 0.15) is 103 Å². The van der Waals surface area contributed by atoms with Gasteiger partial charge in [-0.15, -0.1) is 0 Å². The monoisotopic (exact) mass is 401 g/mol. The Labute approximate surface area is 173 Å². The third-order valence-electron chi connectivity index (χ3n) is 5.11. The number of hydrogen-bond acceptors (Lipinski definition) is 5. The Morgan fingerprint density at radius 2 is 1.11 bits per heavy atom. The van der Waals surface area contributed by atoms with E-state index in [2.05, 4.69) is 19.1 Å². The lowest BCUT2D eigenvalue weighted by Crippen LogP contribution is -2.35. The van der Waals surface area contributed by atoms with Gasteiger partial charge in [-0.3, -0.25) is 4.90 Å². The summed E-state index contributed by atoms with van der Waals surface area (Å²) in [5, 5.41) is 36.1. The van der Waals surface area contributed by atoms with E-state index in [1.807, 2.05) is 4.90 Å². The van der Waals surface area contributed by atoms with Crippen LogP contribution < -0.4 is 0 Å². The zero-order valence-corrected chi connectivity index (χ0v) is 18.3. The summed E-state index contributed by atoms with van der Waals surface area (Å²) >= 11 is 0. The Kier molecular flexibility index (Phi) is 20.9. The molecule has 0 bridgehead atoms. The predicted molar refractivity (Wildman–Crippen MR) is 117 cm³/mol. The quantitative estimate of drug-likeness (QED) is 0.131. The normalized spacial score (nSPS) is 12.3. The molecule has 4 N–H and O–H groups in total. The summed E-state index contributed by atoms with van der Waals surface area (Å²) in [5.41, 5.74) is 0. The van der Waals surface area contributed by atoms with Crippen molar-refractivity contribution in [3.05, 3.63) is 12.2 Å². The van der Waals surface area contributed by atoms with Crippen molar-refractivity contribution in [3.8, 4) is 0 Å². The highest BCUT2D eigenvalue weighted by atomic mass is 16.5. The standard InChI is InChI=1S/C23H47NO4/c1-2-3-4-5-6-7-8-9-10-11-12-13-14-15-16-17-19-24(21-23(27)28)20-18-22(25)26/h9-10,22-23,25-28H,2-8,11-21H2,1H3. The van der Waals surface area contributed by atoms with Gasteiger partial charge in [-0.2, -0.15) is 0 Å². The molecule has 0 aromatic rings. The Morgan fingerprint density at radius 3 is 1.61 bits per heavy atom. The van der Waals surface area contributed by atoms with Gasteiger partial charge in [-0.05, 0) is 38.6 Å². The summed E-state index contributed by atoms with van der Waals surface area (Å²) in [6.07, 6.45) is 20.0. The molecule has 0 aliphatic rings. The van der Waals surface area contributed by atoms with Crippen molar-refractivity contribution in [1.82, 2.24) is 4.90 Å². The zero-order valence-electron chi connectivity index (χ0n) is 18.3. The van der Waals surface area contributed by atoms with Gasteiger partial charge in [0.25, 0.3) is 0 Å². The van der Waals surface area contributed by atoms with Gasteiger partial charge >= 0.3 is 0 Å². The molecule has 28 heavy (non-hydrogen) atoms. The fourth-order valence-electron chi connectivity index (χ4n) is 3.41. The largest absolute Gasteiger partial charge is 0.368 e. The minimum Gasteiger partial charge on any atom is -0.368 e. The molecule has 5 heteroatoms. The first kappa shape index (κ1) is 27.5. The molecule has 0 spiro atoms. The number of hydrogen-bond donors (Lipinski definition) is 4. The van der Waals surface area contributed by atoms with Crippen molar-refractivity contribution in [1.29, 1.82) is 0 Å². The molecule has 0 amide bonds. The summed E-state index contributed by atoms with van der Waals surface area (Å²) in [6.45, 7) is 3.67. The van der Waals surface area contributed by atoms with Crippen LogP contribution in [-0.2, 0) is 0 Å². The number of unbranched alkanes of at least 4 members (excludes halogenated alkanes) is 12. The van der Waals surface area contributed by atoms with E-state index in [0.717, 1.165) is 19.4 Å². The molecule has 0 saturated heterocycles. The highest BCUT2D eigenvalue weighted by Gasteiger charge is 2.10. The first-order chi connectivity index (χ1) is 13.6. The van der Waals surface area contributed by atoms with Gasteiger partial charge in [-0.25, -0.2) is 0 Å². The molecule has 0 aromatic heterocycles. The second-order valence-electron chi connectivity index (χ2n) is 7.99. The molecule has 0 aliphatic heterocycles. The summed E-state index contributed by atoms with van der Waals surface area (Å²) in [5.74, 6) is 0. The van der Waals surface area contributed by atoms with Crippen LogP contribution in [0.5, 0.6) is 0 Å². The van der Waals surface area contributed by atoms with Crippen LogP contribution in [-0.4, -0.2) is 57.5 Å². The van der Waals surface area contributed by atoms with E-state index >= 15 is 0 Å². The van der Waals surface area contributed by atoms with Crippen molar-refractivity contribution < 1.29 is 20.4 Å². The third-order valence-corrected chi connectivity index (χ3v) is 5.11. The van der Waals surface area contributed by atoms with E-state index in [-0.39, 0.29) is 13.0 Å². The van der Waals surface area contributed by atoms with Crippen LogP contribution in [0.4, 0.5) is 0 Å². The summed E-state index contributed by atoms with van der Waals surface area (Å²) < 4.78 is 0. The fourth-order valence-corrected chi connectivity index (χ4v) is 3.41. The number of aliphatic hydroxyl groups excluding tert-OH is 2. The molecule has 0 unspecified atom stereocenters. The van der Waals surface area contributed by atoms with Gasteiger partial charge in [0, 0.05) is 19.5 Å². The van der Waals surface area contributed by atoms with Crippen molar-refractivity contribution in [3.63, 3.8) is 0 Å². The molecule has 0 aliphatic carbocycles. The van der Waals surface area contributed by atoms with Gasteiger partial charge in [0.05, 0.1) is 0 Å². The van der Waals surface area contributed by atoms with Gasteiger partial charge in [0.1, 0.15) is 0 Å². The van der Waals surface area contributed by atoms with Gasteiger partial charge < -0.3 is 20.4 Å². The number of aliphatic hydroxyl groups is 4. The number of allylic oxidation sites excluding steroid dienone is 2. The maximum absolute atomic E-state index is 9.11. The molecular weight excluding hydrogens is 354 g/mol. The van der Waals surface area contributed by atoms with E-state index < -0.39 is 12.6 Å². The second-order valence-corrected chi connectivity index (χ2v) is 7.99. The lowest BCUT2D eigenvalue weighted by molar-refractivity contribution is -0.0754. The lowest BCUT2D eigenvalue weighted by atomic mass is 10.1. The van der Waals surface area contributed by atoms with Crippen molar-refractivity contribution in [2.75, 3.05) is 19.6 Å². The molecule has 0 radical (unpaired) electrons. The van der Waals surface area contributed by atoms with Crippen LogP contribution in [0, 0.1) is 0 Å². The number of nitrogens with zero attached hydrogens (tertiary/aromatic N) is 1. The van der Waals surface area contributed by atoms with Crippen LogP contribution in [0.3, 0.4) is 0 Å². The van der Waals surface area contributed by atoms with Crippen LogP contribution >= 0.6 is 0 Å². The Morgan fingerprint density at radius 1 is 0.607 bits per heavy atom. The molecule has 0 saturated carbocycles. The third kappa shape index (κ3) is 21.8. The Balaban J connectivity index is 3.44. The Hall–Kier alpha value is -0.460. The highest BCUT2D eigenvalue weighted by molar-refractivity contribution is 4.81. The fraction of sp³-hybridized carbons (Fsp3) is 0.913. The second kappa shape index (κ2) is 21.3. The van der Waals surface area contributed by atoms with E-state index in [1.54, 1.807) is 0 Å². The first-order valence-electron chi connectivity index (χ1n) is 11.7. The van der Waals surface area contributed by atoms with E-state index in [4.69, 9.17) is 20.4 Å². The molecule has 0 rings (SSSR count). The van der Waals surface area contributed by atoms with Crippen molar-refractivity contribution in [2.45, 2.75) is 116 Å². The number of rotatable bonds is 21. The molecule has 0 atom stereocenters.